The van der Waals surface area contributed by atoms with Gasteiger partial charge in [-0.15, -0.1) is 0 Å². The zero-order valence-electron chi connectivity index (χ0n) is 14.0. The van der Waals surface area contributed by atoms with Crippen molar-refractivity contribution >= 4 is 11.6 Å². The molecule has 1 heterocycles. The molecule has 0 bridgehead atoms. The van der Waals surface area contributed by atoms with Crippen LogP contribution in [-0.2, 0) is 0 Å². The molecule has 5 nitrogen and oxygen atoms in total. The highest BCUT2D eigenvalue weighted by atomic mass is 16.3. The largest absolute Gasteiger partial charge is 0.396 e. The summed E-state index contributed by atoms with van der Waals surface area (Å²) in [6, 6.07) is 0.239. The summed E-state index contributed by atoms with van der Waals surface area (Å²) in [5.74, 6) is 2.93. The molecule has 1 aromatic rings. The Morgan fingerprint density at radius 3 is 2.33 bits per heavy atom. The predicted octanol–water partition coefficient (Wildman–Crippen LogP) is 3.30. The highest BCUT2D eigenvalue weighted by Crippen LogP contribution is 2.24. The predicted molar refractivity (Wildman–Crippen MR) is 89.0 cm³/mol. The molecule has 5 heteroatoms. The molecule has 1 aromatic heterocycles. The first-order chi connectivity index (χ1) is 10.0. The molecular formula is C16H30N4O. The summed E-state index contributed by atoms with van der Waals surface area (Å²) in [6.07, 6.45) is 2.75. The second-order valence-corrected chi connectivity index (χ2v) is 5.75. The van der Waals surface area contributed by atoms with Gasteiger partial charge in [-0.2, -0.15) is 0 Å². The second kappa shape index (κ2) is 8.82. The Labute approximate surface area is 128 Å². The lowest BCUT2D eigenvalue weighted by Crippen LogP contribution is -2.22. The fraction of sp³-hybridized carbons (Fsp3) is 0.750. The number of aliphatic hydroxyl groups is 1. The number of aliphatic hydroxyl groups excluding tert-OH is 1. The lowest BCUT2D eigenvalue weighted by atomic mass is 10.1. The van der Waals surface area contributed by atoms with Crippen LogP contribution in [0.25, 0.3) is 0 Å². The number of hydrogen-bond donors (Lipinski definition) is 3. The van der Waals surface area contributed by atoms with Crippen LogP contribution >= 0.6 is 0 Å². The molecular weight excluding hydrogens is 264 g/mol. The molecule has 21 heavy (non-hydrogen) atoms. The van der Waals surface area contributed by atoms with E-state index in [2.05, 4.69) is 48.3 Å². The van der Waals surface area contributed by atoms with E-state index in [-0.39, 0.29) is 18.6 Å². The van der Waals surface area contributed by atoms with Crippen molar-refractivity contribution in [2.75, 3.05) is 23.8 Å². The van der Waals surface area contributed by atoms with Crippen molar-refractivity contribution in [1.82, 2.24) is 9.97 Å². The van der Waals surface area contributed by atoms with Gasteiger partial charge in [0.1, 0.15) is 17.5 Å². The second-order valence-electron chi connectivity index (χ2n) is 5.75. The van der Waals surface area contributed by atoms with Gasteiger partial charge in [0.05, 0.1) is 0 Å². The third kappa shape index (κ3) is 5.16. The van der Waals surface area contributed by atoms with Gasteiger partial charge in [-0.25, -0.2) is 9.97 Å². The van der Waals surface area contributed by atoms with E-state index in [0.717, 1.165) is 48.8 Å². The van der Waals surface area contributed by atoms with E-state index < -0.39 is 0 Å². The first-order valence-electron chi connectivity index (χ1n) is 8.03. The number of rotatable bonds is 9. The minimum atomic E-state index is 0.188. The number of hydrogen-bond acceptors (Lipinski definition) is 5. The van der Waals surface area contributed by atoms with Gasteiger partial charge >= 0.3 is 0 Å². The lowest BCUT2D eigenvalue weighted by molar-refractivity contribution is 0.278. The highest BCUT2D eigenvalue weighted by molar-refractivity contribution is 5.57. The maximum Gasteiger partial charge on any atom is 0.135 e. The van der Waals surface area contributed by atoms with Crippen molar-refractivity contribution in [2.45, 2.75) is 65.8 Å². The van der Waals surface area contributed by atoms with Crippen molar-refractivity contribution in [3.63, 3.8) is 0 Å². The monoisotopic (exact) mass is 294 g/mol. The molecule has 120 valence electrons. The van der Waals surface area contributed by atoms with E-state index in [1.165, 1.54) is 0 Å². The van der Waals surface area contributed by atoms with Crippen molar-refractivity contribution in [2.24, 2.45) is 0 Å². The SMILES string of the molecule is CCCNc1nc(C(C)C)nc(NC(CC)CCO)c1C. The Kier molecular flexibility index (Phi) is 7.43. The molecule has 0 radical (unpaired) electrons. The van der Waals surface area contributed by atoms with Crippen molar-refractivity contribution < 1.29 is 5.11 Å². The Balaban J connectivity index is 3.07. The van der Waals surface area contributed by atoms with E-state index in [1.54, 1.807) is 0 Å². The van der Waals surface area contributed by atoms with Gasteiger partial charge in [0.2, 0.25) is 0 Å². The summed E-state index contributed by atoms with van der Waals surface area (Å²) in [5.41, 5.74) is 1.05. The molecule has 0 aromatic carbocycles. The number of aromatic nitrogens is 2. The Hall–Kier alpha value is -1.36. The Morgan fingerprint density at radius 2 is 1.81 bits per heavy atom. The summed E-state index contributed by atoms with van der Waals surface area (Å²) in [5, 5.41) is 16.0. The minimum absolute atomic E-state index is 0.188. The van der Waals surface area contributed by atoms with Crippen LogP contribution in [0.2, 0.25) is 0 Å². The maximum absolute atomic E-state index is 9.14. The van der Waals surface area contributed by atoms with Crippen molar-refractivity contribution in [3.8, 4) is 0 Å². The van der Waals surface area contributed by atoms with Crippen LogP contribution in [0, 0.1) is 6.92 Å². The summed E-state index contributed by atoms with van der Waals surface area (Å²) >= 11 is 0. The molecule has 1 unspecified atom stereocenters. The van der Waals surface area contributed by atoms with Gasteiger partial charge in [-0.3, -0.25) is 0 Å². The number of nitrogens with one attached hydrogen (secondary N) is 2. The van der Waals surface area contributed by atoms with E-state index in [4.69, 9.17) is 5.11 Å². The third-order valence-electron chi connectivity index (χ3n) is 3.53. The van der Waals surface area contributed by atoms with E-state index in [9.17, 15) is 0 Å². The first-order valence-corrected chi connectivity index (χ1v) is 8.03. The Morgan fingerprint density at radius 1 is 1.14 bits per heavy atom. The summed E-state index contributed by atoms with van der Waals surface area (Å²) in [6.45, 7) is 11.6. The van der Waals surface area contributed by atoms with Gasteiger partial charge in [0.15, 0.2) is 0 Å². The van der Waals surface area contributed by atoms with Crippen LogP contribution < -0.4 is 10.6 Å². The molecule has 0 aliphatic carbocycles. The molecule has 0 amide bonds. The van der Waals surface area contributed by atoms with Crippen LogP contribution in [0.15, 0.2) is 0 Å². The van der Waals surface area contributed by atoms with Gasteiger partial charge in [-0.05, 0) is 26.2 Å². The van der Waals surface area contributed by atoms with Crippen LogP contribution in [0.1, 0.15) is 64.3 Å². The van der Waals surface area contributed by atoms with Gasteiger partial charge < -0.3 is 15.7 Å². The summed E-state index contributed by atoms with van der Waals surface area (Å²) in [4.78, 5) is 9.30. The van der Waals surface area contributed by atoms with Crippen LogP contribution in [0.4, 0.5) is 11.6 Å². The van der Waals surface area contributed by atoms with Gasteiger partial charge in [0, 0.05) is 30.7 Å². The average molecular weight is 294 g/mol. The zero-order chi connectivity index (χ0) is 15.8. The normalized spacial score (nSPS) is 12.5. The third-order valence-corrected chi connectivity index (χ3v) is 3.53. The molecule has 0 aliphatic heterocycles. The lowest BCUT2D eigenvalue weighted by Gasteiger charge is -2.21. The van der Waals surface area contributed by atoms with Crippen LogP contribution in [0.3, 0.4) is 0 Å². The molecule has 0 saturated carbocycles. The van der Waals surface area contributed by atoms with E-state index >= 15 is 0 Å². The smallest absolute Gasteiger partial charge is 0.135 e. The molecule has 0 spiro atoms. The molecule has 0 saturated heterocycles. The molecule has 3 N–H and O–H groups in total. The van der Waals surface area contributed by atoms with Gasteiger partial charge in [-0.1, -0.05) is 27.7 Å². The van der Waals surface area contributed by atoms with Crippen LogP contribution in [0.5, 0.6) is 0 Å². The van der Waals surface area contributed by atoms with Crippen molar-refractivity contribution in [1.29, 1.82) is 0 Å². The average Bonchev–Trinajstić information content (AvgIpc) is 2.47. The first kappa shape index (κ1) is 17.7. The minimum Gasteiger partial charge on any atom is -0.396 e. The molecule has 0 aliphatic rings. The fourth-order valence-electron chi connectivity index (χ4n) is 2.08. The van der Waals surface area contributed by atoms with Crippen LogP contribution in [-0.4, -0.2) is 34.3 Å². The molecule has 0 fully saturated rings. The Bertz CT molecular complexity index is 435. The summed E-state index contributed by atoms with van der Waals surface area (Å²) in [7, 11) is 0. The van der Waals surface area contributed by atoms with E-state index in [1.807, 2.05) is 6.92 Å². The highest BCUT2D eigenvalue weighted by Gasteiger charge is 2.15. The van der Waals surface area contributed by atoms with E-state index in [0.29, 0.717) is 0 Å². The number of nitrogens with zero attached hydrogens (tertiary/aromatic N) is 2. The number of anilines is 2. The standard InChI is InChI=1S/C16H30N4O/c1-6-9-17-15-12(5)16(18-13(7-2)8-10-21)20-14(19-15)11(3)4/h11,13,21H,6-10H2,1-5H3,(H2,17,18,19,20). The molecule has 1 atom stereocenters. The van der Waals surface area contributed by atoms with Crippen molar-refractivity contribution in [3.05, 3.63) is 11.4 Å². The maximum atomic E-state index is 9.14. The van der Waals surface area contributed by atoms with Gasteiger partial charge in [0.25, 0.3) is 0 Å². The fourth-order valence-corrected chi connectivity index (χ4v) is 2.08. The topological polar surface area (TPSA) is 70.1 Å². The quantitative estimate of drug-likeness (QED) is 0.652. The summed E-state index contributed by atoms with van der Waals surface area (Å²) < 4.78 is 0. The zero-order valence-corrected chi connectivity index (χ0v) is 14.0. The molecule has 1 rings (SSSR count).